The lowest BCUT2D eigenvalue weighted by atomic mass is 9.87. The van der Waals surface area contributed by atoms with Crippen molar-refractivity contribution < 1.29 is 9.59 Å². The highest BCUT2D eigenvalue weighted by molar-refractivity contribution is 7.21. The van der Waals surface area contributed by atoms with E-state index in [-0.39, 0.29) is 11.6 Å². The van der Waals surface area contributed by atoms with Crippen molar-refractivity contribution in [3.05, 3.63) is 79.8 Å². The first-order valence-electron chi connectivity index (χ1n) is 13.9. The summed E-state index contributed by atoms with van der Waals surface area (Å²) in [5.41, 5.74) is 19.6. The number of nitrogens with zero attached hydrogens (tertiary/aromatic N) is 2. The Morgan fingerprint density at radius 3 is 1.52 bits per heavy atom. The lowest BCUT2D eigenvalue weighted by Crippen LogP contribution is -2.12. The topological polar surface area (TPSA) is 112 Å². The molecule has 4 heterocycles. The summed E-state index contributed by atoms with van der Waals surface area (Å²) in [6, 6.07) is 11.0. The van der Waals surface area contributed by atoms with E-state index in [1.807, 2.05) is 0 Å². The van der Waals surface area contributed by atoms with Crippen LogP contribution in [0.15, 0.2) is 36.4 Å². The van der Waals surface area contributed by atoms with E-state index in [1.54, 1.807) is 24.3 Å². The van der Waals surface area contributed by atoms with Gasteiger partial charge in [-0.05, 0) is 73.6 Å². The van der Waals surface area contributed by atoms with Gasteiger partial charge in [-0.1, -0.05) is 38.1 Å². The van der Waals surface area contributed by atoms with Gasteiger partial charge in [0, 0.05) is 33.3 Å². The van der Waals surface area contributed by atoms with Crippen LogP contribution in [0.25, 0.3) is 20.4 Å². The van der Waals surface area contributed by atoms with Crippen LogP contribution in [0.2, 0.25) is 0 Å². The van der Waals surface area contributed by atoms with Gasteiger partial charge < -0.3 is 11.5 Å². The van der Waals surface area contributed by atoms with Gasteiger partial charge in [-0.15, -0.1) is 22.7 Å². The Morgan fingerprint density at radius 2 is 1.12 bits per heavy atom. The van der Waals surface area contributed by atoms with Crippen molar-refractivity contribution >= 4 is 66.0 Å². The quantitative estimate of drug-likeness (QED) is 0.232. The Bertz CT molecular complexity index is 1720. The van der Waals surface area contributed by atoms with Crippen molar-refractivity contribution in [1.29, 1.82) is 0 Å². The summed E-state index contributed by atoms with van der Waals surface area (Å²) in [4.78, 5) is 39.3. The number of thiophene rings is 2. The number of ketones is 2. The van der Waals surface area contributed by atoms with Crippen LogP contribution in [0.5, 0.6) is 0 Å². The third-order valence-electron chi connectivity index (χ3n) is 8.49. The molecular formula is C32H30N4O2S2. The zero-order valence-corrected chi connectivity index (χ0v) is 24.2. The highest BCUT2D eigenvalue weighted by Crippen LogP contribution is 2.39. The van der Waals surface area contributed by atoms with Gasteiger partial charge in [0.1, 0.15) is 19.4 Å². The summed E-state index contributed by atoms with van der Waals surface area (Å²) < 4.78 is 0. The number of rotatable bonds is 4. The first kappa shape index (κ1) is 25.4. The number of fused-ring (bicyclic) bond motifs is 4. The number of nitrogen functional groups attached to an aromatic ring is 2. The number of pyridine rings is 2. The fourth-order valence-corrected chi connectivity index (χ4v) is 8.23. The SMILES string of the molecule is C[C@H]1CCc2nc3sc(C(=O)c4ccc(C(=O)c5sc6nc7c(cc6c5N)C[C@@H](C)CC7)cc4)c(N)c3cc2C1. The molecule has 0 radical (unpaired) electrons. The molecule has 1 aromatic carbocycles. The van der Waals surface area contributed by atoms with Crippen molar-refractivity contribution in [1.82, 2.24) is 9.97 Å². The molecule has 0 spiro atoms. The van der Waals surface area contributed by atoms with Gasteiger partial charge in [-0.25, -0.2) is 9.97 Å². The van der Waals surface area contributed by atoms with Gasteiger partial charge in [-0.2, -0.15) is 0 Å². The number of benzene rings is 1. The standard InChI is InChI=1S/C32H30N4O2S2/c1-15-3-9-23-19(11-15)13-21-25(33)29(39-31(21)35-23)27(37)17-5-7-18(8-6-17)28(38)30-26(34)22-14-20-12-16(2)4-10-24(20)36-32(22)40-30/h5-8,13-16H,3-4,9-12,33-34H2,1-2H3/t15-,16-/m0/s1. The zero-order valence-electron chi connectivity index (χ0n) is 22.5. The van der Waals surface area contributed by atoms with Crippen LogP contribution in [0.3, 0.4) is 0 Å². The predicted octanol–water partition coefficient (Wildman–Crippen LogP) is 6.78. The van der Waals surface area contributed by atoms with Gasteiger partial charge in [0.05, 0.1) is 11.4 Å². The van der Waals surface area contributed by atoms with E-state index in [0.29, 0.717) is 44.1 Å². The van der Waals surface area contributed by atoms with E-state index < -0.39 is 0 Å². The van der Waals surface area contributed by atoms with Crippen molar-refractivity contribution in [3.63, 3.8) is 0 Å². The second-order valence-corrected chi connectivity index (χ2v) is 13.5. The van der Waals surface area contributed by atoms with Gasteiger partial charge in [0.2, 0.25) is 11.6 Å². The average molecular weight is 567 g/mol. The summed E-state index contributed by atoms with van der Waals surface area (Å²) in [6.07, 6.45) is 6.18. The molecule has 202 valence electrons. The normalized spacial score (nSPS) is 18.6. The minimum absolute atomic E-state index is 0.156. The van der Waals surface area contributed by atoms with Crippen LogP contribution >= 0.6 is 22.7 Å². The number of aryl methyl sites for hydroxylation is 2. The second kappa shape index (κ2) is 9.49. The fraction of sp³-hybridized carbons (Fsp3) is 0.312. The van der Waals surface area contributed by atoms with Crippen LogP contribution < -0.4 is 11.5 Å². The molecule has 6 nitrogen and oxygen atoms in total. The molecule has 2 aliphatic rings. The molecule has 4 aromatic heterocycles. The third-order valence-corrected chi connectivity index (χ3v) is 10.7. The Kier molecular flexibility index (Phi) is 6.02. The van der Waals surface area contributed by atoms with E-state index in [2.05, 4.69) is 26.0 Å². The lowest BCUT2D eigenvalue weighted by molar-refractivity contribution is 0.103. The van der Waals surface area contributed by atoms with Crippen LogP contribution in [-0.2, 0) is 25.7 Å². The Balaban J connectivity index is 1.17. The minimum Gasteiger partial charge on any atom is -0.397 e. The molecule has 40 heavy (non-hydrogen) atoms. The highest BCUT2D eigenvalue weighted by Gasteiger charge is 2.25. The summed E-state index contributed by atoms with van der Waals surface area (Å²) in [6.45, 7) is 4.51. The number of aromatic nitrogens is 2. The molecular weight excluding hydrogens is 537 g/mol. The molecule has 0 unspecified atom stereocenters. The van der Waals surface area contributed by atoms with Crippen molar-refractivity contribution in [2.24, 2.45) is 11.8 Å². The number of hydrogen-bond acceptors (Lipinski definition) is 8. The maximum absolute atomic E-state index is 13.5. The first-order valence-corrected chi connectivity index (χ1v) is 15.5. The molecule has 2 atom stereocenters. The van der Waals surface area contributed by atoms with Crippen molar-refractivity contribution in [3.8, 4) is 0 Å². The molecule has 0 fully saturated rings. The van der Waals surface area contributed by atoms with Gasteiger partial charge in [0.15, 0.2) is 0 Å². The van der Waals surface area contributed by atoms with Gasteiger partial charge in [-0.3, -0.25) is 9.59 Å². The smallest absolute Gasteiger partial charge is 0.205 e. The van der Waals surface area contributed by atoms with E-state index in [4.69, 9.17) is 21.4 Å². The number of hydrogen-bond donors (Lipinski definition) is 2. The van der Waals surface area contributed by atoms with Crippen molar-refractivity contribution in [2.45, 2.75) is 52.4 Å². The zero-order chi connectivity index (χ0) is 27.7. The summed E-state index contributed by atoms with van der Waals surface area (Å²) in [5, 5.41) is 1.72. The number of carbonyl (C=O) groups is 2. The number of nitrogens with two attached hydrogens (primary N) is 2. The maximum atomic E-state index is 13.5. The largest absolute Gasteiger partial charge is 0.397 e. The van der Waals surface area contributed by atoms with Crippen LogP contribution in [0, 0.1) is 11.8 Å². The lowest BCUT2D eigenvalue weighted by Gasteiger charge is -2.20. The molecule has 0 aliphatic heterocycles. The Labute approximate surface area is 240 Å². The molecule has 0 bridgehead atoms. The number of anilines is 2. The molecule has 0 amide bonds. The van der Waals surface area contributed by atoms with Crippen LogP contribution in [-0.4, -0.2) is 21.5 Å². The first-order chi connectivity index (χ1) is 19.3. The van der Waals surface area contributed by atoms with Crippen LogP contribution in [0.1, 0.15) is 79.7 Å². The molecule has 0 saturated heterocycles. The Morgan fingerprint density at radius 1 is 0.725 bits per heavy atom. The molecule has 5 aromatic rings. The Hall–Kier alpha value is -3.62. The van der Waals surface area contributed by atoms with E-state index >= 15 is 0 Å². The summed E-state index contributed by atoms with van der Waals surface area (Å²) >= 11 is 2.70. The average Bonchev–Trinajstić information content (AvgIpc) is 3.45. The number of carbonyl (C=O) groups excluding carboxylic acids is 2. The molecule has 0 saturated carbocycles. The third kappa shape index (κ3) is 4.12. The predicted molar refractivity (Wildman–Crippen MR) is 164 cm³/mol. The van der Waals surface area contributed by atoms with Crippen molar-refractivity contribution in [2.75, 3.05) is 11.5 Å². The fourth-order valence-electron chi connectivity index (χ4n) is 6.12. The van der Waals surface area contributed by atoms with E-state index in [0.717, 1.165) is 70.3 Å². The summed E-state index contributed by atoms with van der Waals surface area (Å²) in [5.74, 6) is 0.942. The minimum atomic E-state index is -0.156. The molecule has 7 rings (SSSR count). The monoisotopic (exact) mass is 566 g/mol. The molecule has 2 aliphatic carbocycles. The molecule has 4 N–H and O–H groups in total. The van der Waals surface area contributed by atoms with E-state index in [1.165, 1.54) is 33.8 Å². The van der Waals surface area contributed by atoms with E-state index in [9.17, 15) is 9.59 Å². The summed E-state index contributed by atoms with van der Waals surface area (Å²) in [7, 11) is 0. The van der Waals surface area contributed by atoms with Gasteiger partial charge >= 0.3 is 0 Å². The maximum Gasteiger partial charge on any atom is 0.205 e. The highest BCUT2D eigenvalue weighted by atomic mass is 32.1. The second-order valence-electron chi connectivity index (χ2n) is 11.5. The molecule has 8 heteroatoms. The van der Waals surface area contributed by atoms with Crippen LogP contribution in [0.4, 0.5) is 11.4 Å². The van der Waals surface area contributed by atoms with Gasteiger partial charge in [0.25, 0.3) is 0 Å².